The van der Waals surface area contributed by atoms with Crippen LogP contribution < -0.4 is 5.32 Å². The molecule has 0 bridgehead atoms. The molecule has 4 heteroatoms. The van der Waals surface area contributed by atoms with Crippen molar-refractivity contribution in [1.82, 2.24) is 5.32 Å². The summed E-state index contributed by atoms with van der Waals surface area (Å²) in [6.07, 6.45) is 1.43. The quantitative estimate of drug-likeness (QED) is 0.802. The van der Waals surface area contributed by atoms with Gasteiger partial charge in [-0.2, -0.15) is 0 Å². The predicted molar refractivity (Wildman–Crippen MR) is 92.2 cm³/mol. The first kappa shape index (κ1) is 16.7. The fraction of sp³-hybridized carbons (Fsp3) is 0.350. The molecule has 1 aliphatic rings. The van der Waals surface area contributed by atoms with Gasteiger partial charge in [-0.25, -0.2) is 4.79 Å². The number of ether oxygens (including phenoxy) is 1. The number of esters is 1. The molecule has 0 radical (unpaired) electrons. The van der Waals surface area contributed by atoms with Crippen LogP contribution >= 0.6 is 0 Å². The molecular formula is C20H23NO3. The first-order chi connectivity index (χ1) is 11.7. The molecule has 24 heavy (non-hydrogen) atoms. The van der Waals surface area contributed by atoms with Crippen molar-refractivity contribution in [1.29, 1.82) is 0 Å². The molecule has 2 aromatic carbocycles. The van der Waals surface area contributed by atoms with E-state index in [0.29, 0.717) is 5.56 Å². The molecule has 4 nitrogen and oxygen atoms in total. The summed E-state index contributed by atoms with van der Waals surface area (Å²) in [4.78, 5) is 12.2. The van der Waals surface area contributed by atoms with Gasteiger partial charge in [-0.15, -0.1) is 0 Å². The van der Waals surface area contributed by atoms with Crippen LogP contribution in [0, 0.1) is 0 Å². The smallest absolute Gasteiger partial charge is 0.339 e. The van der Waals surface area contributed by atoms with Gasteiger partial charge >= 0.3 is 5.97 Å². The molecule has 126 valence electrons. The van der Waals surface area contributed by atoms with E-state index in [4.69, 9.17) is 4.74 Å². The summed E-state index contributed by atoms with van der Waals surface area (Å²) in [5, 5.41) is 13.6. The molecule has 0 spiro atoms. The van der Waals surface area contributed by atoms with Crippen LogP contribution in [0.5, 0.6) is 0 Å². The van der Waals surface area contributed by atoms with Gasteiger partial charge in [-0.05, 0) is 30.4 Å². The van der Waals surface area contributed by atoms with E-state index >= 15 is 0 Å². The minimum Gasteiger partial charge on any atom is -0.459 e. The number of carbonyl (C=O) groups is 1. The van der Waals surface area contributed by atoms with Crippen molar-refractivity contribution in [2.45, 2.75) is 44.1 Å². The Labute approximate surface area is 142 Å². The zero-order valence-corrected chi connectivity index (χ0v) is 13.6. The highest BCUT2D eigenvalue weighted by atomic mass is 16.6. The molecule has 0 saturated heterocycles. The lowest BCUT2D eigenvalue weighted by Crippen LogP contribution is -2.38. The maximum Gasteiger partial charge on any atom is 0.339 e. The summed E-state index contributed by atoms with van der Waals surface area (Å²) in [5.74, 6) is -0.570. The van der Waals surface area contributed by atoms with Gasteiger partial charge in [0.25, 0.3) is 0 Å². The summed E-state index contributed by atoms with van der Waals surface area (Å²) in [6, 6.07) is 19.2. The lowest BCUT2D eigenvalue weighted by Gasteiger charge is -2.23. The van der Waals surface area contributed by atoms with Gasteiger partial charge in [0.15, 0.2) is 6.10 Å². The normalized spacial score (nSPS) is 21.4. The molecule has 3 atom stereocenters. The summed E-state index contributed by atoms with van der Waals surface area (Å²) < 4.78 is 5.58. The monoisotopic (exact) mass is 325 g/mol. The Morgan fingerprint density at radius 1 is 1.08 bits per heavy atom. The zero-order chi connectivity index (χ0) is 16.8. The van der Waals surface area contributed by atoms with Gasteiger partial charge in [0.2, 0.25) is 0 Å². The number of aliphatic hydroxyl groups excluding tert-OH is 1. The third-order valence-electron chi connectivity index (χ3n) is 4.47. The van der Waals surface area contributed by atoms with Crippen LogP contribution in [-0.2, 0) is 16.1 Å². The lowest BCUT2D eigenvalue weighted by molar-refractivity contribution is -0.160. The number of hydrogen-bond donors (Lipinski definition) is 2. The van der Waals surface area contributed by atoms with Crippen LogP contribution in [0.4, 0.5) is 0 Å². The Morgan fingerprint density at radius 3 is 2.46 bits per heavy atom. The largest absolute Gasteiger partial charge is 0.459 e. The van der Waals surface area contributed by atoms with Crippen molar-refractivity contribution >= 4 is 5.97 Å². The average Bonchev–Trinajstić information content (AvgIpc) is 3.08. The van der Waals surface area contributed by atoms with Crippen molar-refractivity contribution in [2.24, 2.45) is 0 Å². The second-order valence-electron chi connectivity index (χ2n) is 6.19. The Bertz CT molecular complexity index is 644. The molecular weight excluding hydrogens is 302 g/mol. The van der Waals surface area contributed by atoms with Gasteiger partial charge in [0, 0.05) is 12.6 Å². The standard InChI is InChI=1S/C20H23NO3/c22-19(16-10-5-2-6-11-16)20(23)24-18-13-7-12-17(18)21-14-15-8-3-1-4-9-15/h1-6,8-11,17-19,21-22H,7,12-14H2/t17-,18-,19-/m1/s1. The van der Waals surface area contributed by atoms with Gasteiger partial charge in [-0.3, -0.25) is 0 Å². The fourth-order valence-corrected chi connectivity index (χ4v) is 3.13. The van der Waals surface area contributed by atoms with E-state index < -0.39 is 12.1 Å². The molecule has 0 aromatic heterocycles. The third kappa shape index (κ3) is 4.22. The van der Waals surface area contributed by atoms with E-state index in [9.17, 15) is 9.90 Å². The van der Waals surface area contributed by atoms with Crippen LogP contribution in [-0.4, -0.2) is 23.2 Å². The molecule has 2 aromatic rings. The summed E-state index contributed by atoms with van der Waals surface area (Å²) >= 11 is 0. The van der Waals surface area contributed by atoms with Crippen LogP contribution in [0.3, 0.4) is 0 Å². The zero-order valence-electron chi connectivity index (χ0n) is 13.6. The summed E-state index contributed by atoms with van der Waals surface area (Å²) in [7, 11) is 0. The van der Waals surface area contributed by atoms with E-state index in [0.717, 1.165) is 25.8 Å². The van der Waals surface area contributed by atoms with E-state index in [1.165, 1.54) is 5.56 Å². The third-order valence-corrected chi connectivity index (χ3v) is 4.47. The van der Waals surface area contributed by atoms with Gasteiger partial charge < -0.3 is 15.2 Å². The number of aliphatic hydroxyl groups is 1. The number of rotatable bonds is 6. The average molecular weight is 325 g/mol. The summed E-state index contributed by atoms with van der Waals surface area (Å²) in [6.45, 7) is 0.751. The molecule has 0 unspecified atom stereocenters. The number of benzene rings is 2. The first-order valence-corrected chi connectivity index (χ1v) is 8.45. The number of nitrogens with one attached hydrogen (secondary N) is 1. The molecule has 1 fully saturated rings. The van der Waals surface area contributed by atoms with Crippen molar-refractivity contribution in [2.75, 3.05) is 0 Å². The first-order valence-electron chi connectivity index (χ1n) is 8.45. The second-order valence-corrected chi connectivity index (χ2v) is 6.19. The maximum atomic E-state index is 12.2. The molecule has 0 amide bonds. The second kappa shape index (κ2) is 8.08. The topological polar surface area (TPSA) is 58.6 Å². The van der Waals surface area contributed by atoms with Gasteiger partial charge in [-0.1, -0.05) is 60.7 Å². The maximum absolute atomic E-state index is 12.2. The fourth-order valence-electron chi connectivity index (χ4n) is 3.13. The lowest BCUT2D eigenvalue weighted by atomic mass is 10.1. The van der Waals surface area contributed by atoms with Crippen LogP contribution in [0.2, 0.25) is 0 Å². The highest BCUT2D eigenvalue weighted by molar-refractivity contribution is 5.76. The van der Waals surface area contributed by atoms with Crippen molar-refractivity contribution in [3.8, 4) is 0 Å². The molecule has 0 heterocycles. The molecule has 1 aliphatic carbocycles. The highest BCUT2D eigenvalue weighted by Crippen LogP contribution is 2.25. The minimum absolute atomic E-state index is 0.136. The SMILES string of the molecule is O=C(O[C@@H]1CCC[C@H]1NCc1ccccc1)[C@H](O)c1ccccc1. The van der Waals surface area contributed by atoms with Crippen LogP contribution in [0.15, 0.2) is 60.7 Å². The van der Waals surface area contributed by atoms with Gasteiger partial charge in [0.1, 0.15) is 6.10 Å². The molecule has 3 rings (SSSR count). The molecule has 1 saturated carbocycles. The Balaban J connectivity index is 1.54. The highest BCUT2D eigenvalue weighted by Gasteiger charge is 2.32. The van der Waals surface area contributed by atoms with Gasteiger partial charge in [0.05, 0.1) is 0 Å². The van der Waals surface area contributed by atoms with E-state index in [1.54, 1.807) is 24.3 Å². The van der Waals surface area contributed by atoms with Crippen LogP contribution in [0.25, 0.3) is 0 Å². The minimum atomic E-state index is -1.22. The number of carbonyl (C=O) groups excluding carboxylic acids is 1. The van der Waals surface area contributed by atoms with E-state index in [2.05, 4.69) is 17.4 Å². The van der Waals surface area contributed by atoms with E-state index in [-0.39, 0.29) is 12.1 Å². The summed E-state index contributed by atoms with van der Waals surface area (Å²) in [5.41, 5.74) is 1.77. The van der Waals surface area contributed by atoms with Crippen molar-refractivity contribution in [3.63, 3.8) is 0 Å². The Kier molecular flexibility index (Phi) is 5.62. The van der Waals surface area contributed by atoms with Crippen LogP contribution in [0.1, 0.15) is 36.5 Å². The van der Waals surface area contributed by atoms with Crippen molar-refractivity contribution < 1.29 is 14.6 Å². The number of hydrogen-bond acceptors (Lipinski definition) is 4. The predicted octanol–water partition coefficient (Wildman–Crippen LogP) is 2.97. The molecule has 0 aliphatic heterocycles. The Hall–Kier alpha value is -2.17. The Morgan fingerprint density at radius 2 is 1.75 bits per heavy atom. The van der Waals surface area contributed by atoms with Crippen molar-refractivity contribution in [3.05, 3.63) is 71.8 Å². The molecule has 2 N–H and O–H groups in total. The van der Waals surface area contributed by atoms with E-state index in [1.807, 2.05) is 24.3 Å².